The molecule has 0 aromatic heterocycles. The van der Waals surface area contributed by atoms with Crippen LogP contribution in [0.1, 0.15) is 72.1 Å². The highest BCUT2D eigenvalue weighted by Crippen LogP contribution is 2.67. The lowest BCUT2D eigenvalue weighted by atomic mass is 9.69. The predicted molar refractivity (Wildman–Crippen MR) is 123 cm³/mol. The standard InChI is InChI=1S/C28H42O4/c1-16(2)17(3)10-25(29)31-14-18-4-6-19(7-5-18)15-32-28(30)24-13-22-12-23(24)27-21-9-8-20(11-21)26(22)27/h8-9,16-24,26-27H,4-7,10-15H2,1-3H3. The molecule has 5 rings (SSSR count). The first-order valence-corrected chi connectivity index (χ1v) is 13.4. The van der Waals surface area contributed by atoms with Crippen molar-refractivity contribution in [1.29, 1.82) is 0 Å². The van der Waals surface area contributed by atoms with Crippen molar-refractivity contribution in [2.75, 3.05) is 13.2 Å². The maximum Gasteiger partial charge on any atom is 0.309 e. The molecule has 0 aromatic rings. The molecule has 0 heterocycles. The molecular formula is C28H42O4. The molecule has 4 fully saturated rings. The fourth-order valence-corrected chi connectivity index (χ4v) is 7.93. The lowest BCUT2D eigenvalue weighted by Gasteiger charge is -2.36. The third kappa shape index (κ3) is 4.28. The van der Waals surface area contributed by atoms with E-state index in [0.29, 0.717) is 49.2 Å². The third-order valence-electron chi connectivity index (χ3n) is 10.1. The van der Waals surface area contributed by atoms with Crippen LogP contribution in [0.25, 0.3) is 0 Å². The Balaban J connectivity index is 1.00. The van der Waals surface area contributed by atoms with Crippen molar-refractivity contribution < 1.29 is 19.1 Å². The van der Waals surface area contributed by atoms with Gasteiger partial charge in [0.1, 0.15) is 0 Å². The van der Waals surface area contributed by atoms with Crippen LogP contribution in [-0.2, 0) is 19.1 Å². The van der Waals surface area contributed by atoms with Crippen LogP contribution in [-0.4, -0.2) is 25.2 Å². The average Bonchev–Trinajstić information content (AvgIpc) is 3.56. The fraction of sp³-hybridized carbons (Fsp3) is 0.857. The van der Waals surface area contributed by atoms with Crippen LogP contribution in [0.15, 0.2) is 12.2 Å². The second kappa shape index (κ2) is 9.14. The second-order valence-electron chi connectivity index (χ2n) is 12.2. The number of hydrogen-bond donors (Lipinski definition) is 0. The summed E-state index contributed by atoms with van der Waals surface area (Å²) in [6.07, 6.45) is 13.4. The topological polar surface area (TPSA) is 52.6 Å². The summed E-state index contributed by atoms with van der Waals surface area (Å²) < 4.78 is 11.5. The van der Waals surface area contributed by atoms with E-state index in [1.54, 1.807) is 0 Å². The minimum Gasteiger partial charge on any atom is -0.465 e. The van der Waals surface area contributed by atoms with Crippen LogP contribution in [0.5, 0.6) is 0 Å². The molecule has 0 amide bonds. The number of ether oxygens (including phenoxy) is 2. The second-order valence-corrected chi connectivity index (χ2v) is 12.2. The lowest BCUT2D eigenvalue weighted by Crippen LogP contribution is -2.36. The Morgan fingerprint density at radius 2 is 1.47 bits per heavy atom. The predicted octanol–water partition coefficient (Wildman–Crippen LogP) is 5.66. The number of carbonyl (C=O) groups excluding carboxylic acids is 2. The molecule has 5 aliphatic carbocycles. The first-order chi connectivity index (χ1) is 15.4. The molecule has 8 atom stereocenters. The van der Waals surface area contributed by atoms with Crippen molar-refractivity contribution >= 4 is 11.9 Å². The normalized spacial score (nSPS) is 42.3. The summed E-state index contributed by atoms with van der Waals surface area (Å²) in [6.45, 7) is 7.55. The molecular weight excluding hydrogens is 400 g/mol. The van der Waals surface area contributed by atoms with Gasteiger partial charge in [0.25, 0.3) is 0 Å². The molecule has 4 nitrogen and oxygen atoms in total. The maximum atomic E-state index is 13.0. The monoisotopic (exact) mass is 442 g/mol. The minimum absolute atomic E-state index is 0.0543. The number of esters is 2. The molecule has 32 heavy (non-hydrogen) atoms. The molecule has 0 aliphatic heterocycles. The van der Waals surface area contributed by atoms with E-state index in [1.807, 2.05) is 0 Å². The molecule has 4 saturated carbocycles. The van der Waals surface area contributed by atoms with E-state index in [0.717, 1.165) is 61.7 Å². The molecule has 5 aliphatic rings. The zero-order valence-corrected chi connectivity index (χ0v) is 20.2. The molecule has 8 unspecified atom stereocenters. The van der Waals surface area contributed by atoms with Gasteiger partial charge >= 0.3 is 11.9 Å². The Hall–Kier alpha value is -1.32. The summed E-state index contributed by atoms with van der Waals surface area (Å²) in [7, 11) is 0. The zero-order valence-electron chi connectivity index (χ0n) is 20.2. The molecule has 0 spiro atoms. The molecule has 0 aromatic carbocycles. The van der Waals surface area contributed by atoms with E-state index in [-0.39, 0.29) is 17.9 Å². The van der Waals surface area contributed by atoms with Gasteiger partial charge in [0.15, 0.2) is 0 Å². The highest BCUT2D eigenvalue weighted by atomic mass is 16.5. The first kappa shape index (κ1) is 22.5. The molecule has 178 valence electrons. The molecule has 0 radical (unpaired) electrons. The highest BCUT2D eigenvalue weighted by Gasteiger charge is 2.62. The quantitative estimate of drug-likeness (QED) is 0.277. The van der Waals surface area contributed by atoms with Crippen LogP contribution < -0.4 is 0 Å². The Morgan fingerprint density at radius 3 is 2.12 bits per heavy atom. The van der Waals surface area contributed by atoms with E-state index in [4.69, 9.17) is 9.47 Å². The molecule has 0 N–H and O–H groups in total. The Kier molecular flexibility index (Phi) is 6.42. The van der Waals surface area contributed by atoms with Gasteiger partial charge in [-0.25, -0.2) is 0 Å². The summed E-state index contributed by atoms with van der Waals surface area (Å²) in [4.78, 5) is 25.0. The van der Waals surface area contributed by atoms with E-state index >= 15 is 0 Å². The van der Waals surface area contributed by atoms with E-state index in [9.17, 15) is 9.59 Å². The van der Waals surface area contributed by atoms with Gasteiger partial charge in [-0.15, -0.1) is 0 Å². The summed E-state index contributed by atoms with van der Waals surface area (Å²) in [5, 5.41) is 0. The van der Waals surface area contributed by atoms with Gasteiger partial charge in [-0.1, -0.05) is 32.9 Å². The largest absolute Gasteiger partial charge is 0.465 e. The Bertz CT molecular complexity index is 734. The van der Waals surface area contributed by atoms with Crippen molar-refractivity contribution in [2.45, 2.75) is 72.1 Å². The van der Waals surface area contributed by atoms with Crippen molar-refractivity contribution in [3.8, 4) is 0 Å². The number of hydrogen-bond acceptors (Lipinski definition) is 4. The summed E-state index contributed by atoms with van der Waals surface area (Å²) in [6, 6.07) is 0. The van der Waals surface area contributed by atoms with Crippen LogP contribution in [0.3, 0.4) is 0 Å². The Labute approximate surface area is 193 Å². The van der Waals surface area contributed by atoms with Gasteiger partial charge in [-0.2, -0.15) is 0 Å². The fourth-order valence-electron chi connectivity index (χ4n) is 7.93. The average molecular weight is 443 g/mol. The van der Waals surface area contributed by atoms with Gasteiger partial charge in [0.2, 0.25) is 0 Å². The van der Waals surface area contributed by atoms with Crippen molar-refractivity contribution in [3.05, 3.63) is 12.2 Å². The number of allylic oxidation sites excluding steroid dienone is 2. The van der Waals surface area contributed by atoms with Crippen molar-refractivity contribution in [1.82, 2.24) is 0 Å². The van der Waals surface area contributed by atoms with Gasteiger partial charge in [0, 0.05) is 6.42 Å². The van der Waals surface area contributed by atoms with Crippen molar-refractivity contribution in [2.24, 2.45) is 65.1 Å². The van der Waals surface area contributed by atoms with Crippen LogP contribution in [0.4, 0.5) is 0 Å². The number of rotatable bonds is 8. The summed E-state index contributed by atoms with van der Waals surface area (Å²) in [5.41, 5.74) is 0. The number of carbonyl (C=O) groups is 2. The summed E-state index contributed by atoms with van der Waals surface area (Å²) in [5.74, 6) is 6.57. The highest BCUT2D eigenvalue weighted by molar-refractivity contribution is 5.73. The van der Waals surface area contributed by atoms with Gasteiger partial charge in [-0.3, -0.25) is 9.59 Å². The third-order valence-corrected chi connectivity index (χ3v) is 10.1. The maximum absolute atomic E-state index is 13.0. The summed E-state index contributed by atoms with van der Waals surface area (Å²) >= 11 is 0. The van der Waals surface area contributed by atoms with Gasteiger partial charge in [-0.05, 0) is 104 Å². The van der Waals surface area contributed by atoms with Crippen LogP contribution in [0, 0.1) is 65.1 Å². The lowest BCUT2D eigenvalue weighted by molar-refractivity contribution is -0.154. The first-order valence-electron chi connectivity index (χ1n) is 13.4. The molecule has 0 saturated heterocycles. The van der Waals surface area contributed by atoms with Crippen LogP contribution in [0.2, 0.25) is 0 Å². The zero-order chi connectivity index (χ0) is 22.4. The van der Waals surface area contributed by atoms with Crippen LogP contribution >= 0.6 is 0 Å². The van der Waals surface area contributed by atoms with E-state index in [1.165, 1.54) is 12.8 Å². The van der Waals surface area contributed by atoms with Crippen molar-refractivity contribution in [3.63, 3.8) is 0 Å². The minimum atomic E-state index is -0.0543. The molecule has 4 bridgehead atoms. The van der Waals surface area contributed by atoms with Gasteiger partial charge < -0.3 is 9.47 Å². The Morgan fingerprint density at radius 1 is 0.844 bits per heavy atom. The molecule has 4 heteroatoms. The number of fused-ring (bicyclic) bond motifs is 9. The smallest absolute Gasteiger partial charge is 0.309 e. The van der Waals surface area contributed by atoms with E-state index in [2.05, 4.69) is 32.9 Å². The van der Waals surface area contributed by atoms with Gasteiger partial charge in [0.05, 0.1) is 19.1 Å². The van der Waals surface area contributed by atoms with E-state index < -0.39 is 0 Å². The SMILES string of the molecule is CC(C)C(C)CC(=O)OCC1CCC(COC(=O)C2CC3CC2C2C4C=CC(C4)C32)CC1.